The largest absolute Gasteiger partial charge is 0.332 e. The van der Waals surface area contributed by atoms with E-state index in [2.05, 4.69) is 4.98 Å². The number of rotatable bonds is 1. The maximum Gasteiger partial charge on any atom is 0.264 e. The van der Waals surface area contributed by atoms with Gasteiger partial charge < -0.3 is 9.47 Å². The summed E-state index contributed by atoms with van der Waals surface area (Å²) in [5.41, 5.74) is 2.46. The Kier molecular flexibility index (Phi) is 3.17. The summed E-state index contributed by atoms with van der Waals surface area (Å²) in [5.74, 6) is 0.0330. The van der Waals surface area contributed by atoms with Crippen LogP contribution >= 0.6 is 11.3 Å². The highest BCUT2D eigenvalue weighted by atomic mass is 32.1. The molecule has 1 aliphatic rings. The van der Waals surface area contributed by atoms with Gasteiger partial charge in [-0.2, -0.15) is 0 Å². The van der Waals surface area contributed by atoms with Gasteiger partial charge in [0, 0.05) is 19.2 Å². The van der Waals surface area contributed by atoms with Crippen molar-refractivity contribution in [1.82, 2.24) is 14.5 Å². The van der Waals surface area contributed by atoms with Crippen molar-refractivity contribution in [2.75, 3.05) is 6.54 Å². The van der Waals surface area contributed by atoms with Gasteiger partial charge in [0.25, 0.3) is 11.5 Å². The molecule has 0 radical (unpaired) electrons. The SMILES string of the molecule is Cc1ccsc1C(=O)N1CCc2c(ncn(C)c2=O)C1. The van der Waals surface area contributed by atoms with Crippen LogP contribution in [-0.4, -0.2) is 26.9 Å². The van der Waals surface area contributed by atoms with Crippen LogP contribution in [0.5, 0.6) is 0 Å². The first kappa shape index (κ1) is 13.1. The lowest BCUT2D eigenvalue weighted by atomic mass is 10.1. The molecule has 0 aromatic carbocycles. The van der Waals surface area contributed by atoms with E-state index in [1.54, 1.807) is 11.9 Å². The maximum absolute atomic E-state index is 12.5. The minimum atomic E-state index is -0.00518. The lowest BCUT2D eigenvalue weighted by Gasteiger charge is -2.27. The molecule has 0 unspecified atom stereocenters. The summed E-state index contributed by atoms with van der Waals surface area (Å²) in [6.45, 7) is 2.93. The van der Waals surface area contributed by atoms with E-state index < -0.39 is 0 Å². The van der Waals surface area contributed by atoms with Crippen LogP contribution in [0.15, 0.2) is 22.6 Å². The molecule has 6 heteroatoms. The molecule has 3 heterocycles. The predicted molar refractivity (Wildman–Crippen MR) is 77.0 cm³/mol. The molecule has 1 amide bonds. The second-order valence-corrected chi connectivity index (χ2v) is 5.91. The van der Waals surface area contributed by atoms with Crippen molar-refractivity contribution in [2.24, 2.45) is 7.05 Å². The molecule has 0 spiro atoms. The Morgan fingerprint density at radius 2 is 2.25 bits per heavy atom. The molecular weight excluding hydrogens is 274 g/mol. The highest BCUT2D eigenvalue weighted by Crippen LogP contribution is 2.21. The summed E-state index contributed by atoms with van der Waals surface area (Å²) in [4.78, 5) is 31.3. The fraction of sp³-hybridized carbons (Fsp3) is 0.357. The number of carbonyl (C=O) groups is 1. The fourth-order valence-corrected chi connectivity index (χ4v) is 3.32. The molecule has 5 nitrogen and oxygen atoms in total. The summed E-state index contributed by atoms with van der Waals surface area (Å²) >= 11 is 1.46. The van der Waals surface area contributed by atoms with Crippen LogP contribution in [-0.2, 0) is 20.0 Å². The molecule has 0 saturated carbocycles. The number of nitrogens with zero attached hydrogens (tertiary/aromatic N) is 3. The van der Waals surface area contributed by atoms with Gasteiger partial charge in [0.05, 0.1) is 23.4 Å². The number of hydrogen-bond donors (Lipinski definition) is 0. The molecule has 1 aliphatic heterocycles. The first-order valence-electron chi connectivity index (χ1n) is 6.44. The zero-order valence-corrected chi connectivity index (χ0v) is 12.2. The van der Waals surface area contributed by atoms with Crippen molar-refractivity contribution in [3.8, 4) is 0 Å². The molecule has 104 valence electrons. The fourth-order valence-electron chi connectivity index (χ4n) is 2.43. The van der Waals surface area contributed by atoms with Gasteiger partial charge >= 0.3 is 0 Å². The number of amides is 1. The van der Waals surface area contributed by atoms with Crippen LogP contribution in [0.25, 0.3) is 0 Å². The molecule has 2 aromatic heterocycles. The molecular formula is C14H15N3O2S. The van der Waals surface area contributed by atoms with E-state index in [0.717, 1.165) is 21.7 Å². The monoisotopic (exact) mass is 289 g/mol. The molecule has 0 atom stereocenters. The standard InChI is InChI=1S/C14H15N3O2S/c1-9-4-6-20-12(9)14(19)17-5-3-10-11(7-17)15-8-16(2)13(10)18/h4,6,8H,3,5,7H2,1-2H3. The van der Waals surface area contributed by atoms with Gasteiger partial charge in [-0.15, -0.1) is 11.3 Å². The maximum atomic E-state index is 12.5. The van der Waals surface area contributed by atoms with Crippen LogP contribution in [0.3, 0.4) is 0 Å². The summed E-state index contributed by atoms with van der Waals surface area (Å²) in [6.07, 6.45) is 2.09. The van der Waals surface area contributed by atoms with Gasteiger partial charge in [-0.1, -0.05) is 0 Å². The molecule has 3 rings (SSSR count). The van der Waals surface area contributed by atoms with Gasteiger partial charge in [-0.05, 0) is 30.4 Å². The molecule has 0 N–H and O–H groups in total. The van der Waals surface area contributed by atoms with Crippen LogP contribution in [0.1, 0.15) is 26.5 Å². The number of fused-ring (bicyclic) bond motifs is 1. The topological polar surface area (TPSA) is 55.2 Å². The molecule has 0 saturated heterocycles. The highest BCUT2D eigenvalue weighted by molar-refractivity contribution is 7.12. The van der Waals surface area contributed by atoms with Crippen molar-refractivity contribution in [3.63, 3.8) is 0 Å². The Balaban J connectivity index is 1.90. The Bertz CT molecular complexity index is 732. The minimum absolute atomic E-state index is 0.00518. The first-order valence-corrected chi connectivity index (χ1v) is 7.32. The van der Waals surface area contributed by atoms with E-state index in [4.69, 9.17) is 0 Å². The van der Waals surface area contributed by atoms with E-state index in [9.17, 15) is 9.59 Å². The zero-order valence-electron chi connectivity index (χ0n) is 11.4. The van der Waals surface area contributed by atoms with Crippen molar-refractivity contribution in [3.05, 3.63) is 49.8 Å². The smallest absolute Gasteiger partial charge is 0.264 e. The van der Waals surface area contributed by atoms with E-state index in [-0.39, 0.29) is 11.5 Å². The predicted octanol–water partition coefficient (Wildman–Crippen LogP) is 1.35. The van der Waals surface area contributed by atoms with Crippen LogP contribution in [0.2, 0.25) is 0 Å². The highest BCUT2D eigenvalue weighted by Gasteiger charge is 2.26. The normalized spacial score (nSPS) is 14.2. The van der Waals surface area contributed by atoms with Gasteiger partial charge in [0.2, 0.25) is 0 Å². The van der Waals surface area contributed by atoms with Crippen LogP contribution in [0, 0.1) is 6.92 Å². The van der Waals surface area contributed by atoms with E-state index >= 15 is 0 Å². The van der Waals surface area contributed by atoms with Crippen molar-refractivity contribution in [1.29, 1.82) is 0 Å². The molecule has 20 heavy (non-hydrogen) atoms. The van der Waals surface area contributed by atoms with E-state index in [1.165, 1.54) is 22.2 Å². The van der Waals surface area contributed by atoms with Gasteiger partial charge in [-0.3, -0.25) is 9.59 Å². The van der Waals surface area contributed by atoms with Crippen molar-refractivity contribution >= 4 is 17.2 Å². The second-order valence-electron chi connectivity index (χ2n) is 5.00. The Morgan fingerprint density at radius 1 is 1.45 bits per heavy atom. The van der Waals surface area contributed by atoms with Crippen molar-refractivity contribution < 1.29 is 4.79 Å². The van der Waals surface area contributed by atoms with Gasteiger partial charge in [0.15, 0.2) is 0 Å². The second kappa shape index (κ2) is 4.86. The molecule has 0 bridgehead atoms. The number of aromatic nitrogens is 2. The van der Waals surface area contributed by atoms with Crippen LogP contribution < -0.4 is 5.56 Å². The van der Waals surface area contributed by atoms with E-state index in [1.807, 2.05) is 18.4 Å². The summed E-state index contributed by atoms with van der Waals surface area (Å²) in [6, 6.07) is 1.95. The summed E-state index contributed by atoms with van der Waals surface area (Å²) in [5, 5.41) is 1.93. The quantitative estimate of drug-likeness (QED) is 0.796. The summed E-state index contributed by atoms with van der Waals surface area (Å²) in [7, 11) is 1.70. The van der Waals surface area contributed by atoms with Gasteiger partial charge in [-0.25, -0.2) is 4.98 Å². The van der Waals surface area contributed by atoms with Gasteiger partial charge in [0.1, 0.15) is 0 Å². The average molecular weight is 289 g/mol. The Labute approximate surface area is 120 Å². The molecule has 0 fully saturated rings. The lowest BCUT2D eigenvalue weighted by molar-refractivity contribution is 0.0735. The third-order valence-corrected chi connectivity index (χ3v) is 4.63. The van der Waals surface area contributed by atoms with Crippen LogP contribution in [0.4, 0.5) is 0 Å². The number of thiophene rings is 1. The third kappa shape index (κ3) is 2.06. The third-order valence-electron chi connectivity index (χ3n) is 3.63. The van der Waals surface area contributed by atoms with E-state index in [0.29, 0.717) is 19.5 Å². The lowest BCUT2D eigenvalue weighted by Crippen LogP contribution is -2.39. The Hall–Kier alpha value is -1.95. The number of hydrogen-bond acceptors (Lipinski definition) is 4. The molecule has 0 aliphatic carbocycles. The number of aryl methyl sites for hydroxylation is 2. The summed E-state index contributed by atoms with van der Waals surface area (Å²) < 4.78 is 1.49. The average Bonchev–Trinajstić information content (AvgIpc) is 2.88. The minimum Gasteiger partial charge on any atom is -0.332 e. The Morgan fingerprint density at radius 3 is 2.95 bits per heavy atom. The first-order chi connectivity index (χ1) is 9.58. The zero-order chi connectivity index (χ0) is 14.3. The van der Waals surface area contributed by atoms with Crippen molar-refractivity contribution in [2.45, 2.75) is 19.9 Å². The number of carbonyl (C=O) groups excluding carboxylic acids is 1. The molecule has 2 aromatic rings.